The Morgan fingerprint density at radius 2 is 1.78 bits per heavy atom. The second-order valence-electron chi connectivity index (χ2n) is 5.79. The summed E-state index contributed by atoms with van der Waals surface area (Å²) in [7, 11) is 3.44. The number of methoxy groups -OCH3 is 1. The molecule has 1 aromatic heterocycles. The van der Waals surface area contributed by atoms with Crippen LogP contribution < -0.4 is 20.3 Å². The zero-order valence-electron chi connectivity index (χ0n) is 16.5. The van der Waals surface area contributed by atoms with Crippen LogP contribution in [-0.2, 0) is 13.1 Å². The molecular formula is C20H30IN5O. The van der Waals surface area contributed by atoms with Gasteiger partial charge in [0.15, 0.2) is 5.96 Å². The number of benzene rings is 1. The van der Waals surface area contributed by atoms with Gasteiger partial charge in [-0.25, -0.2) is 4.98 Å². The van der Waals surface area contributed by atoms with Crippen LogP contribution in [0, 0.1) is 0 Å². The van der Waals surface area contributed by atoms with E-state index in [1.54, 1.807) is 14.2 Å². The molecule has 1 heterocycles. The van der Waals surface area contributed by atoms with Crippen LogP contribution in [0.1, 0.15) is 25.0 Å². The molecule has 6 nitrogen and oxygen atoms in total. The Kier molecular flexibility index (Phi) is 10.5. The third-order valence-corrected chi connectivity index (χ3v) is 4.22. The second kappa shape index (κ2) is 12.4. The van der Waals surface area contributed by atoms with Crippen LogP contribution in [0.25, 0.3) is 0 Å². The van der Waals surface area contributed by atoms with Crippen molar-refractivity contribution < 1.29 is 4.74 Å². The average Bonchev–Trinajstić information content (AvgIpc) is 2.70. The van der Waals surface area contributed by atoms with Crippen molar-refractivity contribution in [3.8, 4) is 5.75 Å². The Morgan fingerprint density at radius 3 is 2.37 bits per heavy atom. The Balaban J connectivity index is 0.00000364. The fourth-order valence-electron chi connectivity index (χ4n) is 2.69. The first kappa shape index (κ1) is 23.0. The molecule has 7 heteroatoms. The smallest absolute Gasteiger partial charge is 0.191 e. The lowest BCUT2D eigenvalue weighted by molar-refractivity contribution is 0.409. The van der Waals surface area contributed by atoms with Crippen LogP contribution in [0.3, 0.4) is 0 Å². The predicted molar refractivity (Wildman–Crippen MR) is 123 cm³/mol. The SMILES string of the molecule is CCN(CC)c1ccc(CNC(=NC)NCc2ccccc2OC)cn1.I. The van der Waals surface area contributed by atoms with Crippen molar-refractivity contribution in [2.45, 2.75) is 26.9 Å². The molecule has 2 N–H and O–H groups in total. The van der Waals surface area contributed by atoms with Gasteiger partial charge in [-0.15, -0.1) is 24.0 Å². The maximum atomic E-state index is 5.38. The van der Waals surface area contributed by atoms with Gasteiger partial charge in [-0.05, 0) is 31.5 Å². The quantitative estimate of drug-likeness (QED) is 0.343. The molecule has 0 unspecified atom stereocenters. The van der Waals surface area contributed by atoms with Gasteiger partial charge in [0.1, 0.15) is 11.6 Å². The molecule has 27 heavy (non-hydrogen) atoms. The minimum Gasteiger partial charge on any atom is -0.496 e. The minimum absolute atomic E-state index is 0. The third kappa shape index (κ3) is 6.89. The number of halogens is 1. The predicted octanol–water partition coefficient (Wildman–Crippen LogP) is 3.42. The number of nitrogens with one attached hydrogen (secondary N) is 2. The largest absolute Gasteiger partial charge is 0.496 e. The van der Waals surface area contributed by atoms with Gasteiger partial charge in [0, 0.05) is 45.0 Å². The van der Waals surface area contributed by atoms with Crippen LogP contribution in [0.15, 0.2) is 47.6 Å². The molecule has 2 aromatic rings. The van der Waals surface area contributed by atoms with E-state index in [0.717, 1.165) is 41.7 Å². The third-order valence-electron chi connectivity index (χ3n) is 4.22. The second-order valence-corrected chi connectivity index (χ2v) is 5.79. The van der Waals surface area contributed by atoms with Gasteiger partial charge >= 0.3 is 0 Å². The molecule has 0 bridgehead atoms. The maximum absolute atomic E-state index is 5.38. The van der Waals surface area contributed by atoms with Crippen molar-refractivity contribution in [3.05, 3.63) is 53.7 Å². The van der Waals surface area contributed by atoms with Crippen molar-refractivity contribution >= 4 is 35.8 Å². The molecule has 148 valence electrons. The van der Waals surface area contributed by atoms with Gasteiger partial charge in [-0.1, -0.05) is 24.3 Å². The monoisotopic (exact) mass is 483 g/mol. The molecule has 0 aliphatic rings. The number of guanidine groups is 1. The number of rotatable bonds is 8. The molecule has 0 aliphatic heterocycles. The first-order chi connectivity index (χ1) is 12.7. The van der Waals surface area contributed by atoms with E-state index in [9.17, 15) is 0 Å². The van der Waals surface area contributed by atoms with Crippen molar-refractivity contribution in [1.82, 2.24) is 15.6 Å². The van der Waals surface area contributed by atoms with E-state index in [1.807, 2.05) is 30.5 Å². The molecule has 0 saturated heterocycles. The lowest BCUT2D eigenvalue weighted by Crippen LogP contribution is -2.36. The zero-order valence-corrected chi connectivity index (χ0v) is 18.9. The van der Waals surface area contributed by atoms with Crippen LogP contribution in [0.2, 0.25) is 0 Å². The van der Waals surface area contributed by atoms with Gasteiger partial charge in [0.2, 0.25) is 0 Å². The van der Waals surface area contributed by atoms with Crippen LogP contribution >= 0.6 is 24.0 Å². The standard InChI is InChI=1S/C20H29N5O.HI/c1-5-25(6-2)19-12-11-16(13-22-19)14-23-20(21-3)24-15-17-9-7-8-10-18(17)26-4;/h7-13H,5-6,14-15H2,1-4H3,(H2,21,23,24);1H. The van der Waals surface area contributed by atoms with Gasteiger partial charge in [-0.2, -0.15) is 0 Å². The summed E-state index contributed by atoms with van der Waals surface area (Å²) in [5, 5.41) is 6.62. The highest BCUT2D eigenvalue weighted by Crippen LogP contribution is 2.16. The highest BCUT2D eigenvalue weighted by atomic mass is 127. The molecule has 0 radical (unpaired) electrons. The summed E-state index contributed by atoms with van der Waals surface area (Å²) >= 11 is 0. The number of para-hydroxylation sites is 1. The van der Waals surface area contributed by atoms with Gasteiger partial charge in [-0.3, -0.25) is 4.99 Å². The van der Waals surface area contributed by atoms with Crippen molar-refractivity contribution in [3.63, 3.8) is 0 Å². The average molecular weight is 483 g/mol. The fraction of sp³-hybridized carbons (Fsp3) is 0.400. The summed E-state index contributed by atoms with van der Waals surface area (Å²) in [5.74, 6) is 2.62. The van der Waals surface area contributed by atoms with E-state index in [2.05, 4.69) is 51.5 Å². The Morgan fingerprint density at radius 1 is 1.07 bits per heavy atom. The molecule has 0 aliphatic carbocycles. The first-order valence-electron chi connectivity index (χ1n) is 8.98. The molecule has 0 amide bonds. The maximum Gasteiger partial charge on any atom is 0.191 e. The number of anilines is 1. The number of pyridine rings is 1. The van der Waals surface area contributed by atoms with Crippen LogP contribution in [-0.4, -0.2) is 38.2 Å². The number of aliphatic imine (C=N–C) groups is 1. The first-order valence-corrected chi connectivity index (χ1v) is 8.98. The van der Waals surface area contributed by atoms with E-state index in [4.69, 9.17) is 4.74 Å². The molecule has 1 aromatic carbocycles. The van der Waals surface area contributed by atoms with E-state index in [-0.39, 0.29) is 24.0 Å². The van der Waals surface area contributed by atoms with Gasteiger partial charge in [0.05, 0.1) is 7.11 Å². The summed E-state index contributed by atoms with van der Waals surface area (Å²) in [6.07, 6.45) is 1.91. The summed E-state index contributed by atoms with van der Waals surface area (Å²) in [5.41, 5.74) is 2.20. The highest BCUT2D eigenvalue weighted by Gasteiger charge is 2.05. The number of nitrogens with zero attached hydrogens (tertiary/aromatic N) is 3. The fourth-order valence-corrected chi connectivity index (χ4v) is 2.69. The molecule has 0 fully saturated rings. The van der Waals surface area contributed by atoms with Crippen LogP contribution in [0.4, 0.5) is 5.82 Å². The number of hydrogen-bond acceptors (Lipinski definition) is 4. The lowest BCUT2D eigenvalue weighted by atomic mass is 10.2. The summed E-state index contributed by atoms with van der Waals surface area (Å²) in [4.78, 5) is 11.0. The Hall–Kier alpha value is -2.03. The number of aromatic nitrogens is 1. The van der Waals surface area contributed by atoms with Crippen molar-refractivity contribution in [1.29, 1.82) is 0 Å². The van der Waals surface area contributed by atoms with Crippen LogP contribution in [0.5, 0.6) is 5.75 Å². The molecule has 0 atom stereocenters. The van der Waals surface area contributed by atoms with Gasteiger partial charge < -0.3 is 20.3 Å². The molecule has 0 saturated carbocycles. The van der Waals surface area contributed by atoms with E-state index < -0.39 is 0 Å². The highest BCUT2D eigenvalue weighted by molar-refractivity contribution is 14.0. The summed E-state index contributed by atoms with van der Waals surface area (Å²) < 4.78 is 5.38. The van der Waals surface area contributed by atoms with Crippen molar-refractivity contribution in [2.24, 2.45) is 4.99 Å². The number of ether oxygens (including phenoxy) is 1. The number of hydrogen-bond donors (Lipinski definition) is 2. The summed E-state index contributed by atoms with van der Waals surface area (Å²) in [6.45, 7) is 7.50. The van der Waals surface area contributed by atoms with Crippen molar-refractivity contribution in [2.75, 3.05) is 32.1 Å². The lowest BCUT2D eigenvalue weighted by Gasteiger charge is -2.19. The van der Waals surface area contributed by atoms with E-state index in [0.29, 0.717) is 13.1 Å². The topological polar surface area (TPSA) is 61.8 Å². The normalized spacial score (nSPS) is 10.7. The molecule has 0 spiro atoms. The zero-order chi connectivity index (χ0) is 18.8. The molecule has 2 rings (SSSR count). The van der Waals surface area contributed by atoms with Gasteiger partial charge in [0.25, 0.3) is 0 Å². The summed E-state index contributed by atoms with van der Waals surface area (Å²) in [6, 6.07) is 12.1. The Labute approximate surface area is 179 Å². The molecular weight excluding hydrogens is 453 g/mol. The van der Waals surface area contributed by atoms with E-state index in [1.165, 1.54) is 0 Å². The Bertz CT molecular complexity index is 702. The minimum atomic E-state index is 0. The van der Waals surface area contributed by atoms with E-state index >= 15 is 0 Å².